The Morgan fingerprint density at radius 2 is 1.91 bits per heavy atom. The number of nitrogens with one attached hydrogen (secondary N) is 1. The van der Waals surface area contributed by atoms with Gasteiger partial charge in [-0.25, -0.2) is 8.78 Å². The topological polar surface area (TPSA) is 46.0 Å². The third-order valence-corrected chi connectivity index (χ3v) is 8.53. The number of hydrogen-bond acceptors (Lipinski definition) is 5. The molecule has 5 nitrogen and oxygen atoms in total. The van der Waals surface area contributed by atoms with Gasteiger partial charge in [0.15, 0.2) is 0 Å². The molecule has 2 aliphatic rings. The zero-order valence-corrected chi connectivity index (χ0v) is 19.5. The van der Waals surface area contributed by atoms with E-state index in [1.165, 1.54) is 5.56 Å². The van der Waals surface area contributed by atoms with Crippen LogP contribution in [-0.4, -0.2) is 51.9 Å². The van der Waals surface area contributed by atoms with Crippen molar-refractivity contribution in [1.82, 2.24) is 20.1 Å². The Morgan fingerprint density at radius 3 is 2.64 bits per heavy atom. The van der Waals surface area contributed by atoms with E-state index in [-0.39, 0.29) is 23.7 Å². The number of benzene rings is 2. The first-order chi connectivity index (χ1) is 16.1. The first-order valence-electron chi connectivity index (χ1n) is 11.5. The van der Waals surface area contributed by atoms with E-state index >= 15 is 4.39 Å². The van der Waals surface area contributed by atoms with E-state index in [1.54, 1.807) is 23.3 Å². The maximum absolute atomic E-state index is 15.1. The molecule has 0 spiro atoms. The van der Waals surface area contributed by atoms with E-state index < -0.39 is 6.17 Å². The van der Waals surface area contributed by atoms with E-state index in [0.29, 0.717) is 30.7 Å². The number of alkyl halides is 1. The highest BCUT2D eigenvalue weighted by molar-refractivity contribution is 8.00. The van der Waals surface area contributed by atoms with Crippen LogP contribution in [0.1, 0.15) is 35.8 Å². The molecule has 0 radical (unpaired) electrons. The van der Waals surface area contributed by atoms with E-state index in [0.717, 1.165) is 17.8 Å². The number of thioether (sulfide) groups is 1. The summed E-state index contributed by atoms with van der Waals surface area (Å²) in [4.78, 5) is 1.93. The maximum atomic E-state index is 15.1. The molecular formula is C25H29F2N5S. The molecule has 8 heteroatoms. The average Bonchev–Trinajstić information content (AvgIpc) is 3.37. The van der Waals surface area contributed by atoms with Crippen molar-refractivity contribution in [1.29, 1.82) is 0 Å². The van der Waals surface area contributed by atoms with Crippen LogP contribution in [0.4, 0.5) is 14.5 Å². The molecular weight excluding hydrogens is 440 g/mol. The minimum atomic E-state index is -1.06. The number of aromatic nitrogens is 3. The molecule has 3 heterocycles. The first-order valence-corrected chi connectivity index (χ1v) is 12.5. The molecule has 0 saturated carbocycles. The van der Waals surface area contributed by atoms with Crippen LogP contribution in [0.2, 0.25) is 0 Å². The highest BCUT2D eigenvalue weighted by Gasteiger charge is 2.32. The SMILES string of the molecule is C[C@@H]1NC[C@@H](c2ccccc2)SC1Cc1ccc(N2CC[C@H](n3cnnc3)[C@@H](F)C2)cc1F. The molecule has 1 aromatic heterocycles. The predicted molar refractivity (Wildman–Crippen MR) is 129 cm³/mol. The molecule has 2 fully saturated rings. The largest absolute Gasteiger partial charge is 0.368 e. The van der Waals surface area contributed by atoms with Crippen LogP contribution in [0.3, 0.4) is 0 Å². The van der Waals surface area contributed by atoms with Crippen LogP contribution in [0.5, 0.6) is 0 Å². The zero-order valence-electron chi connectivity index (χ0n) is 18.6. The Balaban J connectivity index is 1.24. The third kappa shape index (κ3) is 4.92. The van der Waals surface area contributed by atoms with Gasteiger partial charge in [-0.05, 0) is 43.0 Å². The second kappa shape index (κ2) is 9.81. The van der Waals surface area contributed by atoms with E-state index in [2.05, 4.69) is 46.7 Å². The Labute approximate surface area is 197 Å². The van der Waals surface area contributed by atoms with Crippen molar-refractivity contribution in [3.63, 3.8) is 0 Å². The van der Waals surface area contributed by atoms with Crippen molar-refractivity contribution >= 4 is 17.4 Å². The van der Waals surface area contributed by atoms with Crippen LogP contribution in [-0.2, 0) is 6.42 Å². The minimum absolute atomic E-state index is 0.210. The molecule has 2 aromatic carbocycles. The van der Waals surface area contributed by atoms with Crippen LogP contribution in [0.25, 0.3) is 0 Å². The van der Waals surface area contributed by atoms with E-state index in [9.17, 15) is 4.39 Å². The van der Waals surface area contributed by atoms with Gasteiger partial charge in [-0.1, -0.05) is 36.4 Å². The molecule has 174 valence electrons. The van der Waals surface area contributed by atoms with Gasteiger partial charge in [0.25, 0.3) is 0 Å². The summed E-state index contributed by atoms with van der Waals surface area (Å²) < 4.78 is 31.7. The van der Waals surface area contributed by atoms with Crippen molar-refractivity contribution in [2.75, 3.05) is 24.5 Å². The fourth-order valence-electron chi connectivity index (χ4n) is 4.85. The lowest BCUT2D eigenvalue weighted by molar-refractivity contribution is 0.199. The van der Waals surface area contributed by atoms with Gasteiger partial charge in [-0.3, -0.25) is 0 Å². The fraction of sp³-hybridized carbons (Fsp3) is 0.440. The summed E-state index contributed by atoms with van der Waals surface area (Å²) in [5, 5.41) is 11.8. The van der Waals surface area contributed by atoms with Crippen molar-refractivity contribution in [3.05, 3.63) is 78.1 Å². The molecule has 0 bridgehead atoms. The zero-order chi connectivity index (χ0) is 22.8. The smallest absolute Gasteiger partial charge is 0.138 e. The number of nitrogens with zero attached hydrogens (tertiary/aromatic N) is 4. The number of piperidine rings is 1. The summed E-state index contributed by atoms with van der Waals surface area (Å²) in [7, 11) is 0. The summed E-state index contributed by atoms with van der Waals surface area (Å²) in [5.41, 5.74) is 2.76. The third-order valence-electron chi connectivity index (χ3n) is 6.84. The molecule has 33 heavy (non-hydrogen) atoms. The van der Waals surface area contributed by atoms with Gasteiger partial charge >= 0.3 is 0 Å². The molecule has 1 N–H and O–H groups in total. The second-order valence-corrected chi connectivity index (χ2v) is 10.4. The van der Waals surface area contributed by atoms with Gasteiger partial charge in [0.05, 0.1) is 12.6 Å². The van der Waals surface area contributed by atoms with Crippen LogP contribution in [0.15, 0.2) is 61.2 Å². The highest BCUT2D eigenvalue weighted by Crippen LogP contribution is 2.38. The van der Waals surface area contributed by atoms with Crippen molar-refractivity contribution in [2.24, 2.45) is 0 Å². The fourth-order valence-corrected chi connectivity index (χ4v) is 6.38. The molecule has 2 aliphatic heterocycles. The lowest BCUT2D eigenvalue weighted by Gasteiger charge is -2.37. The lowest BCUT2D eigenvalue weighted by Crippen LogP contribution is -2.44. The van der Waals surface area contributed by atoms with Gasteiger partial charge in [0.1, 0.15) is 24.6 Å². The molecule has 5 rings (SSSR count). The van der Waals surface area contributed by atoms with Gasteiger partial charge in [0, 0.05) is 35.3 Å². The summed E-state index contributed by atoms with van der Waals surface area (Å²) in [6, 6.07) is 15.9. The molecule has 0 amide bonds. The van der Waals surface area contributed by atoms with Crippen LogP contribution < -0.4 is 10.2 Å². The van der Waals surface area contributed by atoms with Gasteiger partial charge in [-0.15, -0.1) is 22.0 Å². The first kappa shape index (κ1) is 22.3. The number of rotatable bonds is 5. The van der Waals surface area contributed by atoms with E-state index in [4.69, 9.17) is 0 Å². The molecule has 2 saturated heterocycles. The van der Waals surface area contributed by atoms with Gasteiger partial charge in [0.2, 0.25) is 0 Å². The summed E-state index contributed by atoms with van der Waals surface area (Å²) in [6.07, 6.45) is 3.35. The Kier molecular flexibility index (Phi) is 6.64. The molecule has 5 atom stereocenters. The standard InChI is InChI=1S/C25H29F2N5S/c1-17-24(33-25(13-28-17)18-5-3-2-4-6-18)11-19-7-8-20(12-21(19)26)31-10-9-23(22(27)14-31)32-15-29-30-16-32/h2-8,12,15-17,22-25,28H,9-11,13-14H2,1H3/t17-,22-,23-,24?,25-/m0/s1. The lowest BCUT2D eigenvalue weighted by atomic mass is 10.0. The maximum Gasteiger partial charge on any atom is 0.138 e. The Morgan fingerprint density at radius 1 is 1.12 bits per heavy atom. The summed E-state index contributed by atoms with van der Waals surface area (Å²) in [6.45, 7) is 4.00. The van der Waals surface area contributed by atoms with Crippen molar-refractivity contribution in [2.45, 2.75) is 48.5 Å². The molecule has 0 aliphatic carbocycles. The number of hydrogen-bond donors (Lipinski definition) is 1. The van der Waals surface area contributed by atoms with E-state index in [1.807, 2.05) is 34.9 Å². The number of anilines is 1. The normalized spacial score (nSPS) is 28.1. The monoisotopic (exact) mass is 469 g/mol. The molecule has 1 unspecified atom stereocenters. The van der Waals surface area contributed by atoms with Crippen LogP contribution >= 0.6 is 11.8 Å². The average molecular weight is 470 g/mol. The molecule has 3 aromatic rings. The quantitative estimate of drug-likeness (QED) is 0.593. The van der Waals surface area contributed by atoms with Gasteiger partial charge in [-0.2, -0.15) is 0 Å². The van der Waals surface area contributed by atoms with Crippen molar-refractivity contribution < 1.29 is 8.78 Å². The Bertz CT molecular complexity index is 1050. The highest BCUT2D eigenvalue weighted by atomic mass is 32.2. The van der Waals surface area contributed by atoms with Crippen molar-refractivity contribution in [3.8, 4) is 0 Å². The number of halogens is 2. The Hall–Kier alpha value is -2.45. The summed E-state index contributed by atoms with van der Waals surface area (Å²) >= 11 is 1.93. The summed E-state index contributed by atoms with van der Waals surface area (Å²) in [5.74, 6) is -0.210. The minimum Gasteiger partial charge on any atom is -0.368 e. The second-order valence-electron chi connectivity index (χ2n) is 8.98. The van der Waals surface area contributed by atoms with Crippen LogP contribution in [0, 0.1) is 5.82 Å². The van der Waals surface area contributed by atoms with Gasteiger partial charge < -0.3 is 14.8 Å². The predicted octanol–water partition coefficient (Wildman–Crippen LogP) is 4.58.